The van der Waals surface area contributed by atoms with E-state index in [-0.39, 0.29) is 12.8 Å². The predicted molar refractivity (Wildman–Crippen MR) is 328 cm³/mol. The molecule has 0 amide bonds. The van der Waals surface area contributed by atoms with Gasteiger partial charge in [0.2, 0.25) is 0 Å². The van der Waals surface area contributed by atoms with Gasteiger partial charge in [0.25, 0.3) is 0 Å². The first kappa shape index (κ1) is 85.4. The Hall–Kier alpha value is -2.87. The molecular formula is C63H108O38. The minimum Gasteiger partial charge on any atom is -0.456 e. The maximum Gasteiger partial charge on any atom is 0.311 e. The van der Waals surface area contributed by atoms with Crippen molar-refractivity contribution < 1.29 is 187 Å². The minimum atomic E-state index is -2.24. The van der Waals surface area contributed by atoms with Gasteiger partial charge in [-0.2, -0.15) is 0 Å². The molecule has 18 N–H and O–H groups in total. The Morgan fingerprint density at radius 3 is 1.17 bits per heavy atom. The predicted octanol–water partition coefficient (Wildman–Crippen LogP) is -7.71. The first-order valence-electron chi connectivity index (χ1n) is 34.3. The Morgan fingerprint density at radius 1 is 0.366 bits per heavy atom. The zero-order valence-corrected chi connectivity index (χ0v) is 57.9. The number of hydrogen-bond donors (Lipinski definition) is 18. The lowest BCUT2D eigenvalue weighted by molar-refractivity contribution is -0.413. The smallest absolute Gasteiger partial charge is 0.311 e. The molecule has 38 heteroatoms. The molecule has 0 radical (unpaired) electrons. The standard InChI is InChI=1S/C63H108O38/c1-11-15-29(90-57-44(80)38(74)34(70)25(6)86-57)16-13-12-14-17-33(69)94-54-53(101-62-51(40(76)36(72)32(20-66)93-62)98-59-46(82)43(79)48(27(8)88-59)96-56(84)22(3)24(5)68)49(97-58-45(81)42(78)47(26(7)87-58)95-55(83)21(2)23(4)67)28(9)89-63(54)100-52-41(77)37(73)31(19-65)92-61(52)99-50-39(75)35(71)30(18-64)91-60(50)85-10/h21-32,34-54,57-68,70-82H,11-20H2,1-10H3/t21-,22-,23-,24-,25-,26-,27-,28+,29+,30-,31-,32-,34-,35+,36-,37-,38+,39+,40+,41+,42-,43-,44-,45-,46-,47-,48-,49+,50-,51-,52-,53-,54-,57+,58+,59+,60+,61+,62+,63+/m1/s1. The van der Waals surface area contributed by atoms with Crippen molar-refractivity contribution in [1.82, 2.24) is 0 Å². The van der Waals surface area contributed by atoms with Crippen LogP contribution in [-0.4, -0.2) is 370 Å². The van der Waals surface area contributed by atoms with Crippen molar-refractivity contribution in [3.05, 3.63) is 0 Å². The van der Waals surface area contributed by atoms with E-state index < -0.39 is 289 Å². The minimum absolute atomic E-state index is 0.0512. The van der Waals surface area contributed by atoms with Gasteiger partial charge in [-0.3, -0.25) is 14.4 Å². The summed E-state index contributed by atoms with van der Waals surface area (Å²) in [6.45, 7) is 9.76. The van der Waals surface area contributed by atoms with Crippen molar-refractivity contribution >= 4 is 17.9 Å². The normalized spacial score (nSPS) is 45.4. The molecule has 7 fully saturated rings. The van der Waals surface area contributed by atoms with Gasteiger partial charge in [0, 0.05) is 13.5 Å². The second-order valence-corrected chi connectivity index (χ2v) is 27.1. The quantitative estimate of drug-likeness (QED) is 0.0174. The lowest BCUT2D eigenvalue weighted by Crippen LogP contribution is -2.69. The van der Waals surface area contributed by atoms with Crippen molar-refractivity contribution in [3.63, 3.8) is 0 Å². The van der Waals surface area contributed by atoms with Gasteiger partial charge in [0.05, 0.1) is 74.4 Å². The molecular weight excluding hydrogens is 1360 g/mol. The number of aliphatic hydroxyl groups excluding tert-OH is 18. The number of carbonyl (C=O) groups is 3. The number of aliphatic hydroxyl groups is 18. The number of unbranched alkanes of at least 4 members (excludes halogenated alkanes) is 2. The third kappa shape index (κ3) is 20.3. The molecule has 0 unspecified atom stereocenters. The zero-order chi connectivity index (χ0) is 74.9. The molecule has 7 aliphatic heterocycles. The van der Waals surface area contributed by atoms with Gasteiger partial charge in [0.1, 0.15) is 128 Å². The Bertz CT molecular complexity index is 2510. The first-order valence-corrected chi connectivity index (χ1v) is 34.3. The highest BCUT2D eigenvalue weighted by Gasteiger charge is 2.60. The molecule has 7 rings (SSSR count). The van der Waals surface area contributed by atoms with Gasteiger partial charge in [-0.25, -0.2) is 0 Å². The van der Waals surface area contributed by atoms with E-state index in [1.54, 1.807) is 0 Å². The second-order valence-electron chi connectivity index (χ2n) is 27.1. The topological polar surface area (TPSA) is 572 Å². The molecule has 0 aromatic heterocycles. The van der Waals surface area contributed by atoms with Crippen LogP contribution in [0.3, 0.4) is 0 Å². The van der Waals surface area contributed by atoms with Crippen molar-refractivity contribution in [2.45, 2.75) is 341 Å². The Labute approximate surface area is 582 Å². The molecule has 588 valence electrons. The van der Waals surface area contributed by atoms with Crippen molar-refractivity contribution in [2.75, 3.05) is 26.9 Å². The number of esters is 3. The zero-order valence-electron chi connectivity index (χ0n) is 57.9. The van der Waals surface area contributed by atoms with E-state index in [0.717, 1.165) is 7.11 Å². The van der Waals surface area contributed by atoms with Gasteiger partial charge in [-0.05, 0) is 74.7 Å². The first-order chi connectivity index (χ1) is 47.6. The van der Waals surface area contributed by atoms with Crippen LogP contribution in [0.15, 0.2) is 0 Å². The number of hydrogen-bond acceptors (Lipinski definition) is 38. The summed E-state index contributed by atoms with van der Waals surface area (Å²) < 4.78 is 103. The molecule has 0 aromatic carbocycles. The van der Waals surface area contributed by atoms with Crippen LogP contribution in [0, 0.1) is 11.8 Å². The maximum absolute atomic E-state index is 14.8. The molecule has 7 saturated heterocycles. The van der Waals surface area contributed by atoms with Crippen LogP contribution in [0.5, 0.6) is 0 Å². The fourth-order valence-electron chi connectivity index (χ4n) is 12.7. The summed E-state index contributed by atoms with van der Waals surface area (Å²) in [7, 11) is 1.11. The number of methoxy groups -OCH3 is 1. The Kier molecular flexibility index (Phi) is 32.4. The van der Waals surface area contributed by atoms with E-state index in [9.17, 15) is 106 Å². The van der Waals surface area contributed by atoms with Crippen molar-refractivity contribution in [2.24, 2.45) is 11.8 Å². The van der Waals surface area contributed by atoms with E-state index in [1.807, 2.05) is 6.92 Å². The summed E-state index contributed by atoms with van der Waals surface area (Å²) in [6, 6.07) is 0. The Morgan fingerprint density at radius 2 is 0.733 bits per heavy atom. The van der Waals surface area contributed by atoms with E-state index in [0.29, 0.717) is 25.7 Å². The van der Waals surface area contributed by atoms with Crippen molar-refractivity contribution in [1.29, 1.82) is 0 Å². The lowest BCUT2D eigenvalue weighted by Gasteiger charge is -2.51. The van der Waals surface area contributed by atoms with Gasteiger partial charge in [0.15, 0.2) is 62.3 Å². The van der Waals surface area contributed by atoms with Crippen LogP contribution in [0.2, 0.25) is 0 Å². The molecule has 7 aliphatic rings. The van der Waals surface area contributed by atoms with Gasteiger partial charge < -0.3 is 172 Å². The second kappa shape index (κ2) is 38.3. The molecule has 0 saturated carbocycles. The number of ether oxygens (including phenoxy) is 17. The molecule has 40 atom stereocenters. The molecule has 0 aromatic rings. The summed E-state index contributed by atoms with van der Waals surface area (Å²) in [5.41, 5.74) is 0. The monoisotopic (exact) mass is 1470 g/mol. The van der Waals surface area contributed by atoms with E-state index in [2.05, 4.69) is 0 Å². The lowest BCUT2D eigenvalue weighted by atomic mass is 9.95. The average molecular weight is 1470 g/mol. The highest BCUT2D eigenvalue weighted by Crippen LogP contribution is 2.41. The van der Waals surface area contributed by atoms with Crippen molar-refractivity contribution in [3.8, 4) is 0 Å². The summed E-state index contributed by atoms with van der Waals surface area (Å²) >= 11 is 0. The molecule has 7 heterocycles. The van der Waals surface area contributed by atoms with Gasteiger partial charge in [-0.15, -0.1) is 0 Å². The Balaban J connectivity index is 1.28. The van der Waals surface area contributed by atoms with E-state index in [1.165, 1.54) is 55.4 Å². The third-order valence-electron chi connectivity index (χ3n) is 19.6. The highest BCUT2D eigenvalue weighted by atomic mass is 16.8. The van der Waals surface area contributed by atoms with Crippen LogP contribution >= 0.6 is 0 Å². The summed E-state index contributed by atoms with van der Waals surface area (Å²) in [5, 5.41) is 199. The summed E-state index contributed by atoms with van der Waals surface area (Å²) in [6.07, 6.45) is -65.8. The molecule has 0 aliphatic carbocycles. The highest BCUT2D eigenvalue weighted by molar-refractivity contribution is 5.73. The van der Waals surface area contributed by atoms with Crippen LogP contribution < -0.4 is 0 Å². The van der Waals surface area contributed by atoms with Crippen LogP contribution in [0.25, 0.3) is 0 Å². The molecule has 0 bridgehead atoms. The molecule has 0 spiro atoms. The van der Waals surface area contributed by atoms with Gasteiger partial charge >= 0.3 is 17.9 Å². The average Bonchev–Trinajstić information content (AvgIpc) is 0.762. The van der Waals surface area contributed by atoms with Crippen LogP contribution in [-0.2, 0) is 94.9 Å². The van der Waals surface area contributed by atoms with Crippen LogP contribution in [0.4, 0.5) is 0 Å². The van der Waals surface area contributed by atoms with E-state index >= 15 is 0 Å². The third-order valence-corrected chi connectivity index (χ3v) is 19.6. The molecule has 101 heavy (non-hydrogen) atoms. The van der Waals surface area contributed by atoms with Crippen LogP contribution in [0.1, 0.15) is 107 Å². The number of carbonyl (C=O) groups excluding carboxylic acids is 3. The van der Waals surface area contributed by atoms with Gasteiger partial charge in [-0.1, -0.05) is 26.2 Å². The van der Waals surface area contributed by atoms with E-state index in [4.69, 9.17) is 80.5 Å². The maximum atomic E-state index is 14.8. The number of rotatable bonds is 31. The fraction of sp³-hybridized carbons (Fsp3) is 0.952. The largest absolute Gasteiger partial charge is 0.456 e. The molecule has 38 nitrogen and oxygen atoms in total. The summed E-state index contributed by atoms with van der Waals surface area (Å²) in [5.74, 6) is -5.30. The fourth-order valence-corrected chi connectivity index (χ4v) is 12.7. The summed E-state index contributed by atoms with van der Waals surface area (Å²) in [4.78, 5) is 40.9. The SMILES string of the molecule is CCC[C@@H](CCCCCC(=O)O[C@H]1[C@H](O[C@H]2[C@H](O[C@H]3[C@@H](OC)O[C@H](CO)[C@H](O)[C@@H]3O)O[C@H](CO)[C@@H](O)[C@@H]2O)O[C@@H](C)[C@H](O[C@@H]2O[C@H](C)[C@@H](OC(=O)[C@H](C)[C@@H](C)O)[C@H](O)[C@H]2O)[C@H]1O[C@@H]1O[C@H](CO)[C@@H](O)[C@H](O)[C@H]1O[C@@H]1O[C@H](C)[C@@H](OC(=O)[C@H](C)[C@@H](C)O)[C@H](O)[C@H]1O)O[C@@H]1O[C@H](C)[C@@H](O)[C@H](O)[C@H]1O.